The van der Waals surface area contributed by atoms with Gasteiger partial charge in [-0.1, -0.05) is 18.2 Å². The highest BCUT2D eigenvalue weighted by Crippen LogP contribution is 2.33. The van der Waals surface area contributed by atoms with Crippen molar-refractivity contribution in [2.45, 2.75) is 24.9 Å². The molecule has 0 unspecified atom stereocenters. The van der Waals surface area contributed by atoms with Crippen molar-refractivity contribution >= 4 is 10.9 Å². The largest absolute Gasteiger partial charge is 0.381 e. The maximum Gasteiger partial charge on any atom is 0.132 e. The average Bonchev–Trinajstić information content (AvgIpc) is 2.69. The molecule has 0 amide bonds. The van der Waals surface area contributed by atoms with Crippen LogP contribution in [-0.4, -0.2) is 18.2 Å². The van der Waals surface area contributed by atoms with Crippen molar-refractivity contribution in [3.05, 3.63) is 77.5 Å². The zero-order chi connectivity index (χ0) is 18.0. The van der Waals surface area contributed by atoms with Crippen LogP contribution >= 0.6 is 0 Å². The molecule has 3 aromatic rings. The Kier molecular flexibility index (Phi) is 4.66. The highest BCUT2D eigenvalue weighted by molar-refractivity contribution is 5.82. The van der Waals surface area contributed by atoms with Crippen LogP contribution in [0, 0.1) is 11.6 Å². The van der Waals surface area contributed by atoms with Crippen molar-refractivity contribution in [1.82, 2.24) is 10.3 Å². The van der Waals surface area contributed by atoms with Gasteiger partial charge in [-0.25, -0.2) is 8.78 Å². The molecule has 1 fully saturated rings. The van der Waals surface area contributed by atoms with Gasteiger partial charge in [0.15, 0.2) is 0 Å². The fourth-order valence-corrected chi connectivity index (χ4v) is 3.66. The van der Waals surface area contributed by atoms with Gasteiger partial charge in [0, 0.05) is 36.9 Å². The van der Waals surface area contributed by atoms with E-state index in [0.717, 1.165) is 24.0 Å². The number of rotatable bonds is 4. The number of benzene rings is 2. The SMILES string of the molecule is Fc1ccc(C2(NCc3ccc(F)c4cccnc34)CCOCC2)cc1. The lowest BCUT2D eigenvalue weighted by molar-refractivity contribution is 0.0358. The summed E-state index contributed by atoms with van der Waals surface area (Å²) in [7, 11) is 0. The molecule has 26 heavy (non-hydrogen) atoms. The lowest BCUT2D eigenvalue weighted by Gasteiger charge is -2.39. The third-order valence-corrected chi connectivity index (χ3v) is 5.16. The molecular weight excluding hydrogens is 334 g/mol. The molecule has 5 heteroatoms. The van der Waals surface area contributed by atoms with Crippen molar-refractivity contribution in [1.29, 1.82) is 0 Å². The highest BCUT2D eigenvalue weighted by atomic mass is 19.1. The molecule has 4 rings (SSSR count). The molecule has 1 aromatic heterocycles. The Labute approximate surface area is 151 Å². The van der Waals surface area contributed by atoms with E-state index < -0.39 is 0 Å². The number of halogens is 2. The number of nitrogens with zero attached hydrogens (tertiary/aromatic N) is 1. The number of pyridine rings is 1. The number of hydrogen-bond acceptors (Lipinski definition) is 3. The van der Waals surface area contributed by atoms with E-state index in [2.05, 4.69) is 10.3 Å². The van der Waals surface area contributed by atoms with Crippen LogP contribution in [0.25, 0.3) is 10.9 Å². The van der Waals surface area contributed by atoms with E-state index in [4.69, 9.17) is 4.74 Å². The standard InChI is InChI=1S/C21H20F2N2O/c22-17-6-4-16(5-7-17)21(9-12-26-13-10-21)25-14-15-3-8-19(23)18-2-1-11-24-20(15)18/h1-8,11,25H,9-10,12-14H2. The summed E-state index contributed by atoms with van der Waals surface area (Å²) < 4.78 is 32.9. The minimum Gasteiger partial charge on any atom is -0.381 e. The van der Waals surface area contributed by atoms with Crippen LogP contribution in [0.4, 0.5) is 8.78 Å². The first-order chi connectivity index (χ1) is 12.7. The summed E-state index contributed by atoms with van der Waals surface area (Å²) in [6, 6.07) is 13.4. The summed E-state index contributed by atoms with van der Waals surface area (Å²) in [5.74, 6) is -0.513. The second-order valence-corrected chi connectivity index (χ2v) is 6.66. The van der Waals surface area contributed by atoms with Gasteiger partial charge in [0.2, 0.25) is 0 Å². The second-order valence-electron chi connectivity index (χ2n) is 6.66. The molecule has 2 aromatic carbocycles. The van der Waals surface area contributed by atoms with Crippen LogP contribution in [0.3, 0.4) is 0 Å². The van der Waals surface area contributed by atoms with Crippen LogP contribution in [-0.2, 0) is 16.8 Å². The monoisotopic (exact) mass is 354 g/mol. The van der Waals surface area contributed by atoms with Gasteiger partial charge in [0.25, 0.3) is 0 Å². The van der Waals surface area contributed by atoms with Crippen molar-refractivity contribution in [3.63, 3.8) is 0 Å². The summed E-state index contributed by atoms with van der Waals surface area (Å²) in [5.41, 5.74) is 2.36. The molecule has 0 aliphatic carbocycles. The van der Waals surface area contributed by atoms with Crippen molar-refractivity contribution in [2.75, 3.05) is 13.2 Å². The summed E-state index contributed by atoms with van der Waals surface area (Å²) in [6.07, 6.45) is 3.27. The van der Waals surface area contributed by atoms with Crippen LogP contribution in [0.1, 0.15) is 24.0 Å². The molecule has 0 atom stereocenters. The number of ether oxygens (including phenoxy) is 1. The number of aromatic nitrogens is 1. The zero-order valence-corrected chi connectivity index (χ0v) is 14.3. The minimum absolute atomic E-state index is 0.246. The van der Waals surface area contributed by atoms with Crippen LogP contribution in [0.15, 0.2) is 54.7 Å². The van der Waals surface area contributed by atoms with E-state index in [1.807, 2.05) is 12.1 Å². The summed E-state index contributed by atoms with van der Waals surface area (Å²) >= 11 is 0. The molecule has 0 radical (unpaired) electrons. The normalized spacial score (nSPS) is 16.7. The highest BCUT2D eigenvalue weighted by Gasteiger charge is 2.34. The van der Waals surface area contributed by atoms with E-state index in [1.165, 1.54) is 18.2 Å². The summed E-state index contributed by atoms with van der Waals surface area (Å²) in [5, 5.41) is 4.16. The van der Waals surface area contributed by atoms with Crippen LogP contribution in [0.5, 0.6) is 0 Å². The lowest BCUT2D eigenvalue weighted by atomic mass is 9.82. The maximum absolute atomic E-state index is 14.0. The Morgan fingerprint density at radius 2 is 1.77 bits per heavy atom. The van der Waals surface area contributed by atoms with Gasteiger partial charge in [-0.2, -0.15) is 0 Å². The van der Waals surface area contributed by atoms with E-state index in [-0.39, 0.29) is 17.2 Å². The Bertz CT molecular complexity index is 906. The smallest absolute Gasteiger partial charge is 0.132 e. The van der Waals surface area contributed by atoms with Gasteiger partial charge in [-0.15, -0.1) is 0 Å². The van der Waals surface area contributed by atoms with E-state index >= 15 is 0 Å². The van der Waals surface area contributed by atoms with E-state index in [1.54, 1.807) is 24.4 Å². The Morgan fingerprint density at radius 3 is 2.54 bits per heavy atom. The molecule has 1 saturated heterocycles. The van der Waals surface area contributed by atoms with Gasteiger partial charge < -0.3 is 10.1 Å². The van der Waals surface area contributed by atoms with Crippen LogP contribution < -0.4 is 5.32 Å². The first-order valence-electron chi connectivity index (χ1n) is 8.79. The fraction of sp³-hybridized carbons (Fsp3) is 0.286. The van der Waals surface area contributed by atoms with Crippen molar-refractivity contribution in [2.24, 2.45) is 0 Å². The van der Waals surface area contributed by atoms with Gasteiger partial charge >= 0.3 is 0 Å². The minimum atomic E-state index is -0.290. The third-order valence-electron chi connectivity index (χ3n) is 5.16. The van der Waals surface area contributed by atoms with E-state index in [9.17, 15) is 8.78 Å². The fourth-order valence-electron chi connectivity index (χ4n) is 3.66. The second kappa shape index (κ2) is 7.09. The topological polar surface area (TPSA) is 34.2 Å². The number of nitrogens with one attached hydrogen (secondary N) is 1. The Balaban J connectivity index is 1.65. The summed E-state index contributed by atoms with van der Waals surface area (Å²) in [4.78, 5) is 4.36. The predicted molar refractivity (Wildman–Crippen MR) is 96.7 cm³/mol. The van der Waals surface area contributed by atoms with Gasteiger partial charge in [0.1, 0.15) is 11.6 Å². The lowest BCUT2D eigenvalue weighted by Crippen LogP contribution is -2.46. The number of fused-ring (bicyclic) bond motifs is 1. The van der Waals surface area contributed by atoms with Gasteiger partial charge in [-0.05, 0) is 54.3 Å². The van der Waals surface area contributed by atoms with Gasteiger partial charge in [-0.3, -0.25) is 4.98 Å². The molecule has 0 saturated carbocycles. The Morgan fingerprint density at radius 1 is 1.00 bits per heavy atom. The predicted octanol–water partition coefficient (Wildman–Crippen LogP) is 4.31. The van der Waals surface area contributed by atoms with Crippen molar-refractivity contribution < 1.29 is 13.5 Å². The van der Waals surface area contributed by atoms with E-state index in [0.29, 0.717) is 30.7 Å². The third kappa shape index (κ3) is 3.20. The molecule has 1 aliphatic heterocycles. The molecule has 134 valence electrons. The zero-order valence-electron chi connectivity index (χ0n) is 14.3. The molecule has 3 nitrogen and oxygen atoms in total. The van der Waals surface area contributed by atoms with Gasteiger partial charge in [0.05, 0.1) is 5.52 Å². The quantitative estimate of drug-likeness (QED) is 0.758. The van der Waals surface area contributed by atoms with Crippen LogP contribution in [0.2, 0.25) is 0 Å². The molecule has 2 heterocycles. The maximum atomic E-state index is 14.0. The molecule has 1 N–H and O–H groups in total. The first kappa shape index (κ1) is 17.1. The number of hydrogen-bond donors (Lipinski definition) is 1. The average molecular weight is 354 g/mol. The molecular formula is C21H20F2N2O. The summed E-state index contributed by atoms with van der Waals surface area (Å²) in [6.45, 7) is 1.84. The molecule has 0 bridgehead atoms. The molecule has 0 spiro atoms. The first-order valence-corrected chi connectivity index (χ1v) is 8.79. The molecule has 1 aliphatic rings. The van der Waals surface area contributed by atoms with Crippen molar-refractivity contribution in [3.8, 4) is 0 Å². The Hall–Kier alpha value is -2.37.